The SMILES string of the molecule is C/C=C/C(=O)OCC(F)(F)C(F)(F)F. The van der Waals surface area contributed by atoms with Gasteiger partial charge >= 0.3 is 18.1 Å². The average Bonchev–Trinajstić information content (AvgIpc) is 1.99. The standard InChI is InChI=1S/C7H7F5O2/c1-2-3-5(13)14-4-6(8,9)7(10,11)12/h2-3H,4H2,1H3/b3-2+. The van der Waals surface area contributed by atoms with Crippen LogP contribution in [0.3, 0.4) is 0 Å². The molecule has 0 aromatic heterocycles. The predicted octanol–water partition coefficient (Wildman–Crippen LogP) is 2.30. The fourth-order valence-corrected chi connectivity index (χ4v) is 0.428. The van der Waals surface area contributed by atoms with Gasteiger partial charge < -0.3 is 4.74 Å². The van der Waals surface area contributed by atoms with Gasteiger partial charge in [-0.15, -0.1) is 0 Å². The summed E-state index contributed by atoms with van der Waals surface area (Å²) in [6, 6.07) is 0. The molecule has 0 spiro atoms. The van der Waals surface area contributed by atoms with Crippen molar-refractivity contribution >= 4 is 5.97 Å². The molecule has 0 unspecified atom stereocenters. The van der Waals surface area contributed by atoms with Crippen LogP contribution in [-0.2, 0) is 9.53 Å². The quantitative estimate of drug-likeness (QED) is 0.412. The summed E-state index contributed by atoms with van der Waals surface area (Å²) in [7, 11) is 0. The van der Waals surface area contributed by atoms with Crippen molar-refractivity contribution in [1.82, 2.24) is 0 Å². The Morgan fingerprint density at radius 1 is 1.29 bits per heavy atom. The fourth-order valence-electron chi connectivity index (χ4n) is 0.428. The van der Waals surface area contributed by atoms with Gasteiger partial charge in [-0.05, 0) is 6.92 Å². The van der Waals surface area contributed by atoms with Crippen LogP contribution in [0.5, 0.6) is 0 Å². The molecule has 2 nitrogen and oxygen atoms in total. The molecule has 0 aliphatic heterocycles. The maximum atomic E-state index is 12.1. The molecule has 0 saturated heterocycles. The largest absolute Gasteiger partial charge is 0.456 e. The monoisotopic (exact) mass is 218 g/mol. The van der Waals surface area contributed by atoms with Crippen LogP contribution in [0.4, 0.5) is 22.0 Å². The van der Waals surface area contributed by atoms with Gasteiger partial charge in [-0.25, -0.2) is 4.79 Å². The fraction of sp³-hybridized carbons (Fsp3) is 0.571. The third-order valence-electron chi connectivity index (χ3n) is 1.11. The van der Waals surface area contributed by atoms with Gasteiger partial charge in [0, 0.05) is 6.08 Å². The molecule has 14 heavy (non-hydrogen) atoms. The second kappa shape index (κ2) is 4.39. The Kier molecular flexibility index (Phi) is 4.03. The minimum atomic E-state index is -5.71. The number of allylic oxidation sites excluding steroid dienone is 1. The van der Waals surface area contributed by atoms with E-state index in [1.165, 1.54) is 6.92 Å². The minimum Gasteiger partial charge on any atom is -0.456 e. The van der Waals surface area contributed by atoms with Crippen molar-refractivity contribution in [3.8, 4) is 0 Å². The Hall–Kier alpha value is -1.14. The number of rotatable bonds is 3. The molecular weight excluding hydrogens is 211 g/mol. The Balaban J connectivity index is 4.19. The van der Waals surface area contributed by atoms with Crippen LogP contribution in [-0.4, -0.2) is 24.7 Å². The van der Waals surface area contributed by atoms with Gasteiger partial charge in [-0.3, -0.25) is 0 Å². The Morgan fingerprint density at radius 2 is 1.79 bits per heavy atom. The third-order valence-corrected chi connectivity index (χ3v) is 1.11. The number of esters is 1. The van der Waals surface area contributed by atoms with E-state index in [1.807, 2.05) is 0 Å². The Labute approximate surface area is 76.3 Å². The van der Waals surface area contributed by atoms with Gasteiger partial charge in [0.1, 0.15) is 0 Å². The number of ether oxygens (including phenoxy) is 1. The number of halogens is 5. The first-order valence-corrected chi connectivity index (χ1v) is 3.44. The first-order valence-electron chi connectivity index (χ1n) is 3.44. The van der Waals surface area contributed by atoms with Crippen LogP contribution in [0, 0.1) is 0 Å². The molecule has 0 saturated carbocycles. The summed E-state index contributed by atoms with van der Waals surface area (Å²) in [5, 5.41) is 0. The van der Waals surface area contributed by atoms with Gasteiger partial charge in [0.25, 0.3) is 0 Å². The van der Waals surface area contributed by atoms with Crippen LogP contribution in [0.1, 0.15) is 6.92 Å². The van der Waals surface area contributed by atoms with E-state index in [4.69, 9.17) is 0 Å². The van der Waals surface area contributed by atoms with Crippen molar-refractivity contribution < 1.29 is 31.5 Å². The van der Waals surface area contributed by atoms with E-state index in [9.17, 15) is 26.7 Å². The maximum absolute atomic E-state index is 12.1. The van der Waals surface area contributed by atoms with Gasteiger partial charge in [0.05, 0.1) is 0 Å². The Bertz CT molecular complexity index is 231. The second-order valence-electron chi connectivity index (χ2n) is 2.31. The van der Waals surface area contributed by atoms with E-state index in [0.29, 0.717) is 0 Å². The van der Waals surface area contributed by atoms with E-state index in [2.05, 4.69) is 4.74 Å². The Morgan fingerprint density at radius 3 is 2.14 bits per heavy atom. The third kappa shape index (κ3) is 3.71. The molecule has 82 valence electrons. The highest BCUT2D eigenvalue weighted by atomic mass is 19.4. The smallest absolute Gasteiger partial charge is 0.456 e. The van der Waals surface area contributed by atoms with Crippen molar-refractivity contribution in [3.63, 3.8) is 0 Å². The van der Waals surface area contributed by atoms with Crippen LogP contribution >= 0.6 is 0 Å². The van der Waals surface area contributed by atoms with E-state index in [1.54, 1.807) is 0 Å². The highest BCUT2D eigenvalue weighted by Gasteiger charge is 2.58. The van der Waals surface area contributed by atoms with Crippen molar-refractivity contribution in [3.05, 3.63) is 12.2 Å². The highest BCUT2D eigenvalue weighted by Crippen LogP contribution is 2.35. The van der Waals surface area contributed by atoms with Crippen molar-refractivity contribution in [2.24, 2.45) is 0 Å². The van der Waals surface area contributed by atoms with Crippen LogP contribution in [0.25, 0.3) is 0 Å². The average molecular weight is 218 g/mol. The van der Waals surface area contributed by atoms with Crippen LogP contribution in [0.2, 0.25) is 0 Å². The van der Waals surface area contributed by atoms with Crippen molar-refractivity contribution in [1.29, 1.82) is 0 Å². The number of alkyl halides is 5. The summed E-state index contributed by atoms with van der Waals surface area (Å²) >= 11 is 0. The molecule has 0 heterocycles. The molecule has 0 amide bonds. The highest BCUT2D eigenvalue weighted by molar-refractivity contribution is 5.81. The molecule has 0 atom stereocenters. The molecule has 0 aromatic carbocycles. The van der Waals surface area contributed by atoms with E-state index < -0.39 is 24.7 Å². The molecule has 0 fully saturated rings. The zero-order valence-corrected chi connectivity index (χ0v) is 7.07. The molecule has 0 aliphatic carbocycles. The van der Waals surface area contributed by atoms with Gasteiger partial charge in [0.15, 0.2) is 6.61 Å². The summed E-state index contributed by atoms with van der Waals surface area (Å²) in [5.74, 6) is -6.25. The molecule has 0 N–H and O–H groups in total. The van der Waals surface area contributed by atoms with Crippen LogP contribution < -0.4 is 0 Å². The van der Waals surface area contributed by atoms with E-state index in [-0.39, 0.29) is 0 Å². The maximum Gasteiger partial charge on any atom is 0.456 e. The van der Waals surface area contributed by atoms with Crippen LogP contribution in [0.15, 0.2) is 12.2 Å². The topological polar surface area (TPSA) is 26.3 Å². The number of carbonyl (C=O) groups excluding carboxylic acids is 1. The normalized spacial score (nSPS) is 13.3. The molecule has 0 aromatic rings. The molecule has 0 rings (SSSR count). The second-order valence-corrected chi connectivity index (χ2v) is 2.31. The predicted molar refractivity (Wildman–Crippen MR) is 36.8 cm³/mol. The van der Waals surface area contributed by atoms with Gasteiger partial charge in [0.2, 0.25) is 0 Å². The first-order chi connectivity index (χ1) is 6.20. The van der Waals surface area contributed by atoms with E-state index >= 15 is 0 Å². The van der Waals surface area contributed by atoms with E-state index in [0.717, 1.165) is 12.2 Å². The lowest BCUT2D eigenvalue weighted by Gasteiger charge is -2.18. The van der Waals surface area contributed by atoms with Gasteiger partial charge in [-0.2, -0.15) is 22.0 Å². The summed E-state index contributed by atoms with van der Waals surface area (Å²) < 4.78 is 62.4. The van der Waals surface area contributed by atoms with Gasteiger partial charge in [-0.1, -0.05) is 6.08 Å². The lowest BCUT2D eigenvalue weighted by molar-refractivity contribution is -0.293. The summed E-state index contributed by atoms with van der Waals surface area (Å²) in [6.45, 7) is -0.608. The minimum absolute atomic E-state index is 0.743. The molecular formula is C7H7F5O2. The number of hydrogen-bond donors (Lipinski definition) is 0. The summed E-state index contributed by atoms with van der Waals surface area (Å²) in [4.78, 5) is 10.4. The zero-order valence-electron chi connectivity index (χ0n) is 7.07. The summed E-state index contributed by atoms with van der Waals surface area (Å²) in [5.41, 5.74) is 0. The molecule has 7 heteroatoms. The molecule has 0 aliphatic rings. The lowest BCUT2D eigenvalue weighted by atomic mass is 10.3. The number of hydrogen-bond acceptors (Lipinski definition) is 2. The summed E-state index contributed by atoms with van der Waals surface area (Å²) in [6.07, 6.45) is -3.80. The lowest BCUT2D eigenvalue weighted by Crippen LogP contribution is -2.41. The molecule has 0 bridgehead atoms. The van der Waals surface area contributed by atoms with Crippen molar-refractivity contribution in [2.45, 2.75) is 19.0 Å². The number of carbonyl (C=O) groups is 1. The van der Waals surface area contributed by atoms with Crippen molar-refractivity contribution in [2.75, 3.05) is 6.61 Å². The molecule has 0 radical (unpaired) electrons. The first kappa shape index (κ1) is 12.9. The zero-order chi connectivity index (χ0) is 11.4.